The Morgan fingerprint density at radius 2 is 2.09 bits per heavy atom. The van der Waals surface area contributed by atoms with Crippen LogP contribution in [0.15, 0.2) is 24.3 Å². The van der Waals surface area contributed by atoms with E-state index in [-0.39, 0.29) is 24.4 Å². The molecule has 0 saturated carbocycles. The van der Waals surface area contributed by atoms with Crippen LogP contribution in [0.1, 0.15) is 13.8 Å². The molecule has 1 aromatic carbocycles. The van der Waals surface area contributed by atoms with Crippen LogP contribution in [0, 0.1) is 0 Å². The normalized spacial score (nSPS) is 21.5. The van der Waals surface area contributed by atoms with Crippen LogP contribution in [0.2, 0.25) is 0 Å². The molecule has 1 aromatic rings. The molecular formula is C16H25ClN4O. The van der Waals surface area contributed by atoms with E-state index >= 15 is 0 Å². The summed E-state index contributed by atoms with van der Waals surface area (Å²) >= 11 is 0. The highest BCUT2D eigenvalue weighted by Crippen LogP contribution is 2.27. The van der Waals surface area contributed by atoms with E-state index in [9.17, 15) is 4.79 Å². The number of amides is 1. The van der Waals surface area contributed by atoms with Crippen LogP contribution in [-0.4, -0.2) is 56.2 Å². The van der Waals surface area contributed by atoms with Crippen molar-refractivity contribution >= 4 is 29.7 Å². The monoisotopic (exact) mass is 324 g/mol. The van der Waals surface area contributed by atoms with Crippen LogP contribution < -0.4 is 15.1 Å². The van der Waals surface area contributed by atoms with Crippen LogP contribution in [-0.2, 0) is 4.79 Å². The standard InChI is InChI=1S/C16H24N4O.ClH/c1-3-18(4-2)13-6-5-7-14(10-13)20-12-19-9-8-17-11-15(19)16(20)21;/h5-7,10,15,17H,3-4,8-9,11-12H2,1-2H3;1H. The minimum atomic E-state index is 0. The van der Waals surface area contributed by atoms with Crippen molar-refractivity contribution in [3.05, 3.63) is 24.3 Å². The van der Waals surface area contributed by atoms with Crippen molar-refractivity contribution in [1.82, 2.24) is 10.2 Å². The maximum absolute atomic E-state index is 12.6. The quantitative estimate of drug-likeness (QED) is 0.911. The van der Waals surface area contributed by atoms with Gasteiger partial charge in [0, 0.05) is 44.1 Å². The number of hydrogen-bond acceptors (Lipinski definition) is 4. The predicted octanol–water partition coefficient (Wildman–Crippen LogP) is 1.53. The number of anilines is 2. The summed E-state index contributed by atoms with van der Waals surface area (Å²) in [6.45, 7) is 9.67. The average molecular weight is 325 g/mol. The number of fused-ring (bicyclic) bond motifs is 1. The molecule has 0 bridgehead atoms. The third kappa shape index (κ3) is 3.07. The van der Waals surface area contributed by atoms with Crippen molar-refractivity contribution in [2.75, 3.05) is 49.2 Å². The van der Waals surface area contributed by atoms with Gasteiger partial charge in [0.25, 0.3) is 0 Å². The summed E-state index contributed by atoms with van der Waals surface area (Å²) in [5.74, 6) is 0.221. The van der Waals surface area contributed by atoms with Crippen molar-refractivity contribution in [2.24, 2.45) is 0 Å². The largest absolute Gasteiger partial charge is 0.372 e. The molecule has 5 nitrogen and oxygen atoms in total. The molecule has 0 spiro atoms. The van der Waals surface area contributed by atoms with Gasteiger partial charge in [-0.1, -0.05) is 6.07 Å². The van der Waals surface area contributed by atoms with E-state index in [1.54, 1.807) is 0 Å². The molecule has 0 aromatic heterocycles. The summed E-state index contributed by atoms with van der Waals surface area (Å²) in [5.41, 5.74) is 2.20. The molecule has 22 heavy (non-hydrogen) atoms. The first kappa shape index (κ1) is 17.1. The van der Waals surface area contributed by atoms with Gasteiger partial charge in [-0.2, -0.15) is 0 Å². The number of carbonyl (C=O) groups excluding carboxylic acids is 1. The Bertz CT molecular complexity index is 521. The lowest BCUT2D eigenvalue weighted by atomic mass is 10.2. The number of halogens is 1. The molecule has 6 heteroatoms. The number of carbonyl (C=O) groups is 1. The molecule has 2 saturated heterocycles. The Morgan fingerprint density at radius 1 is 1.32 bits per heavy atom. The molecule has 1 atom stereocenters. The van der Waals surface area contributed by atoms with Gasteiger partial charge in [0.05, 0.1) is 6.67 Å². The summed E-state index contributed by atoms with van der Waals surface area (Å²) < 4.78 is 0. The Kier molecular flexibility index (Phi) is 5.67. The first-order valence-corrected chi connectivity index (χ1v) is 7.85. The number of nitrogens with one attached hydrogen (secondary N) is 1. The Hall–Kier alpha value is -1.30. The van der Waals surface area contributed by atoms with Gasteiger partial charge in [0.15, 0.2) is 0 Å². The molecule has 2 heterocycles. The minimum absolute atomic E-state index is 0. The van der Waals surface area contributed by atoms with E-state index in [0.29, 0.717) is 6.67 Å². The Balaban J connectivity index is 0.00000176. The lowest BCUT2D eigenvalue weighted by Gasteiger charge is -2.26. The highest BCUT2D eigenvalue weighted by atomic mass is 35.5. The van der Waals surface area contributed by atoms with Gasteiger partial charge in [-0.15, -0.1) is 12.4 Å². The fourth-order valence-corrected chi connectivity index (χ4v) is 3.25. The molecule has 3 rings (SSSR count). The summed E-state index contributed by atoms with van der Waals surface area (Å²) in [7, 11) is 0. The van der Waals surface area contributed by atoms with Gasteiger partial charge in [0.2, 0.25) is 5.91 Å². The zero-order chi connectivity index (χ0) is 14.8. The summed E-state index contributed by atoms with van der Waals surface area (Å²) in [6.07, 6.45) is 0. The van der Waals surface area contributed by atoms with E-state index < -0.39 is 0 Å². The van der Waals surface area contributed by atoms with Gasteiger partial charge in [-0.25, -0.2) is 0 Å². The summed E-state index contributed by atoms with van der Waals surface area (Å²) in [5, 5.41) is 3.31. The van der Waals surface area contributed by atoms with Crippen LogP contribution in [0.3, 0.4) is 0 Å². The number of nitrogens with zero attached hydrogens (tertiary/aromatic N) is 3. The third-order valence-corrected chi connectivity index (χ3v) is 4.50. The third-order valence-electron chi connectivity index (χ3n) is 4.50. The summed E-state index contributed by atoms with van der Waals surface area (Å²) in [6, 6.07) is 8.35. The zero-order valence-corrected chi connectivity index (χ0v) is 14.1. The Morgan fingerprint density at radius 3 is 2.77 bits per heavy atom. The van der Waals surface area contributed by atoms with Gasteiger partial charge in [0.1, 0.15) is 6.04 Å². The fourth-order valence-electron chi connectivity index (χ4n) is 3.25. The molecule has 1 N–H and O–H groups in total. The first-order valence-electron chi connectivity index (χ1n) is 7.85. The SMILES string of the molecule is CCN(CC)c1cccc(N2CN3CCNCC3C2=O)c1.Cl. The number of benzene rings is 1. The molecule has 2 aliphatic heterocycles. The van der Waals surface area contributed by atoms with Crippen molar-refractivity contribution in [2.45, 2.75) is 19.9 Å². The maximum atomic E-state index is 12.6. The van der Waals surface area contributed by atoms with E-state index in [0.717, 1.165) is 38.4 Å². The lowest BCUT2D eigenvalue weighted by molar-refractivity contribution is -0.119. The summed E-state index contributed by atoms with van der Waals surface area (Å²) in [4.78, 5) is 19.1. The van der Waals surface area contributed by atoms with Gasteiger partial charge < -0.3 is 10.2 Å². The number of hydrogen-bond donors (Lipinski definition) is 1. The van der Waals surface area contributed by atoms with Crippen LogP contribution in [0.5, 0.6) is 0 Å². The number of piperazine rings is 1. The maximum Gasteiger partial charge on any atom is 0.246 e. The van der Waals surface area contributed by atoms with E-state index in [1.807, 2.05) is 17.0 Å². The molecular weight excluding hydrogens is 300 g/mol. The van der Waals surface area contributed by atoms with Gasteiger partial charge in [-0.05, 0) is 32.0 Å². The highest BCUT2D eigenvalue weighted by Gasteiger charge is 2.40. The zero-order valence-electron chi connectivity index (χ0n) is 13.3. The van der Waals surface area contributed by atoms with Crippen molar-refractivity contribution in [1.29, 1.82) is 0 Å². The second-order valence-corrected chi connectivity index (χ2v) is 5.63. The average Bonchev–Trinajstić information content (AvgIpc) is 2.87. The van der Waals surface area contributed by atoms with E-state index in [4.69, 9.17) is 0 Å². The molecule has 122 valence electrons. The minimum Gasteiger partial charge on any atom is -0.372 e. The van der Waals surface area contributed by atoms with Crippen molar-refractivity contribution < 1.29 is 4.79 Å². The van der Waals surface area contributed by atoms with Crippen molar-refractivity contribution in [3.63, 3.8) is 0 Å². The van der Waals surface area contributed by atoms with Crippen LogP contribution in [0.4, 0.5) is 11.4 Å². The second-order valence-electron chi connectivity index (χ2n) is 5.63. The smallest absolute Gasteiger partial charge is 0.246 e. The molecule has 1 unspecified atom stereocenters. The van der Waals surface area contributed by atoms with Gasteiger partial charge >= 0.3 is 0 Å². The molecule has 1 amide bonds. The fraction of sp³-hybridized carbons (Fsp3) is 0.562. The number of rotatable bonds is 4. The molecule has 2 fully saturated rings. The molecule has 2 aliphatic rings. The van der Waals surface area contributed by atoms with E-state index in [1.165, 1.54) is 5.69 Å². The predicted molar refractivity (Wildman–Crippen MR) is 93.0 cm³/mol. The highest BCUT2D eigenvalue weighted by molar-refractivity contribution is 5.99. The Labute approximate surface area is 138 Å². The van der Waals surface area contributed by atoms with E-state index in [2.05, 4.69) is 41.1 Å². The topological polar surface area (TPSA) is 38.8 Å². The lowest BCUT2D eigenvalue weighted by Crippen LogP contribution is -2.50. The van der Waals surface area contributed by atoms with Crippen LogP contribution in [0.25, 0.3) is 0 Å². The van der Waals surface area contributed by atoms with Crippen LogP contribution >= 0.6 is 12.4 Å². The molecule has 0 radical (unpaired) electrons. The first-order chi connectivity index (χ1) is 10.2. The second kappa shape index (κ2) is 7.31. The molecule has 0 aliphatic carbocycles. The van der Waals surface area contributed by atoms with Crippen molar-refractivity contribution in [3.8, 4) is 0 Å². The van der Waals surface area contributed by atoms with Gasteiger partial charge in [-0.3, -0.25) is 14.6 Å².